The maximum atomic E-state index is 4.74. The van der Waals surface area contributed by atoms with Crippen molar-refractivity contribution < 1.29 is 0 Å². The number of fused-ring (bicyclic) bond motifs is 1. The Hall–Kier alpha value is -3.08. The minimum atomic E-state index is 0.673. The van der Waals surface area contributed by atoms with Crippen molar-refractivity contribution in [2.24, 2.45) is 0 Å². The van der Waals surface area contributed by atoms with Gasteiger partial charge in [0.15, 0.2) is 0 Å². The summed E-state index contributed by atoms with van der Waals surface area (Å²) in [6.07, 6.45) is 8.84. The van der Waals surface area contributed by atoms with Crippen LogP contribution in [0.1, 0.15) is 36.9 Å². The van der Waals surface area contributed by atoms with Crippen LogP contribution in [-0.2, 0) is 13.1 Å². The van der Waals surface area contributed by atoms with Gasteiger partial charge >= 0.3 is 0 Å². The van der Waals surface area contributed by atoms with Crippen LogP contribution in [0.2, 0.25) is 0 Å². The van der Waals surface area contributed by atoms with E-state index in [4.69, 9.17) is 5.10 Å². The highest BCUT2D eigenvalue weighted by molar-refractivity contribution is 5.65. The van der Waals surface area contributed by atoms with Crippen LogP contribution in [0.3, 0.4) is 0 Å². The zero-order chi connectivity index (χ0) is 18.2. The lowest BCUT2D eigenvalue weighted by molar-refractivity contribution is 0.647. The Morgan fingerprint density at radius 3 is 2.67 bits per heavy atom. The van der Waals surface area contributed by atoms with Crippen LogP contribution in [0.15, 0.2) is 61.1 Å². The Labute approximate surface area is 158 Å². The number of nitrogens with zero attached hydrogens (tertiary/aromatic N) is 4. The molecule has 5 rings (SSSR count). The maximum absolute atomic E-state index is 4.74. The summed E-state index contributed by atoms with van der Waals surface area (Å²) in [7, 11) is 0. The van der Waals surface area contributed by atoms with Gasteiger partial charge in [0.05, 0.1) is 11.4 Å². The molecular weight excluding hydrogens is 334 g/mol. The fourth-order valence-electron chi connectivity index (χ4n) is 3.51. The molecule has 1 N–H and O–H groups in total. The first-order valence-electron chi connectivity index (χ1n) is 9.64. The van der Waals surface area contributed by atoms with Gasteiger partial charge in [0.1, 0.15) is 5.65 Å². The second kappa shape index (κ2) is 6.58. The number of rotatable bonds is 6. The van der Waals surface area contributed by atoms with Crippen molar-refractivity contribution in [3.8, 4) is 11.3 Å². The van der Waals surface area contributed by atoms with Crippen LogP contribution in [0.25, 0.3) is 16.9 Å². The van der Waals surface area contributed by atoms with Gasteiger partial charge in [0, 0.05) is 54.4 Å². The number of anilines is 1. The van der Waals surface area contributed by atoms with Crippen molar-refractivity contribution in [1.29, 1.82) is 0 Å². The summed E-state index contributed by atoms with van der Waals surface area (Å²) < 4.78 is 4.10. The molecule has 1 aliphatic rings. The summed E-state index contributed by atoms with van der Waals surface area (Å²) in [6.45, 7) is 3.88. The van der Waals surface area contributed by atoms with Crippen molar-refractivity contribution in [2.45, 2.75) is 38.8 Å². The Balaban J connectivity index is 1.31. The van der Waals surface area contributed by atoms with E-state index in [1.165, 1.54) is 24.1 Å². The third-order valence-electron chi connectivity index (χ3n) is 5.19. The molecular formula is C22H23N5. The summed E-state index contributed by atoms with van der Waals surface area (Å²) in [5, 5.41) is 8.29. The normalized spacial score (nSPS) is 14.0. The van der Waals surface area contributed by atoms with Crippen molar-refractivity contribution in [1.82, 2.24) is 19.2 Å². The molecule has 0 bridgehead atoms. The van der Waals surface area contributed by atoms with Gasteiger partial charge in [-0.15, -0.1) is 0 Å². The van der Waals surface area contributed by atoms with E-state index < -0.39 is 0 Å². The van der Waals surface area contributed by atoms with Crippen LogP contribution in [-0.4, -0.2) is 19.2 Å². The molecule has 1 aromatic carbocycles. The molecule has 3 heterocycles. The van der Waals surface area contributed by atoms with Gasteiger partial charge in [0.25, 0.3) is 0 Å². The van der Waals surface area contributed by atoms with Gasteiger partial charge in [0.2, 0.25) is 0 Å². The zero-order valence-electron chi connectivity index (χ0n) is 15.5. The van der Waals surface area contributed by atoms with E-state index in [-0.39, 0.29) is 0 Å². The fraction of sp³-hybridized carbons (Fsp3) is 0.273. The minimum absolute atomic E-state index is 0.673. The highest BCUT2D eigenvalue weighted by Gasteiger charge is 2.28. The molecule has 0 saturated heterocycles. The van der Waals surface area contributed by atoms with Crippen LogP contribution in [0.5, 0.6) is 0 Å². The molecule has 0 amide bonds. The van der Waals surface area contributed by atoms with Crippen molar-refractivity contribution in [3.63, 3.8) is 0 Å². The van der Waals surface area contributed by atoms with Crippen molar-refractivity contribution in [3.05, 3.63) is 72.3 Å². The monoisotopic (exact) mass is 357 g/mol. The number of imidazole rings is 1. The Bertz CT molecular complexity index is 1040. The van der Waals surface area contributed by atoms with Gasteiger partial charge < -0.3 is 9.72 Å². The van der Waals surface area contributed by atoms with E-state index in [0.717, 1.165) is 35.7 Å². The number of hydrogen-bond donors (Lipinski definition) is 1. The van der Waals surface area contributed by atoms with Crippen LogP contribution in [0, 0.1) is 0 Å². The topological polar surface area (TPSA) is 47.2 Å². The molecule has 4 aromatic rings. The fourth-order valence-corrected chi connectivity index (χ4v) is 3.51. The molecule has 5 heteroatoms. The first kappa shape index (κ1) is 16.1. The largest absolute Gasteiger partial charge is 0.381 e. The summed E-state index contributed by atoms with van der Waals surface area (Å²) >= 11 is 0. The minimum Gasteiger partial charge on any atom is -0.381 e. The van der Waals surface area contributed by atoms with Crippen molar-refractivity contribution in [2.75, 3.05) is 5.32 Å². The second-order valence-corrected chi connectivity index (χ2v) is 7.19. The molecule has 0 spiro atoms. The summed E-state index contributed by atoms with van der Waals surface area (Å²) in [5.41, 5.74) is 6.81. The number of aryl methyl sites for hydroxylation is 1. The average Bonchev–Trinajstić information content (AvgIpc) is 3.32. The molecule has 136 valence electrons. The van der Waals surface area contributed by atoms with Gasteiger partial charge in [-0.1, -0.05) is 18.2 Å². The second-order valence-electron chi connectivity index (χ2n) is 7.19. The summed E-state index contributed by atoms with van der Waals surface area (Å²) in [6, 6.07) is 14.6. The zero-order valence-corrected chi connectivity index (χ0v) is 15.5. The van der Waals surface area contributed by atoms with Gasteiger partial charge in [-0.2, -0.15) is 5.10 Å². The average molecular weight is 357 g/mol. The van der Waals surface area contributed by atoms with E-state index in [2.05, 4.69) is 58.6 Å². The molecule has 1 aliphatic carbocycles. The molecule has 1 fully saturated rings. The molecule has 5 nitrogen and oxygen atoms in total. The standard InChI is InChI=1S/C22H23N5/c1-2-27-14-18(22(25-27)17-6-7-17)13-23-19-10-8-16(9-11-19)20-15-26-12-4-3-5-21(26)24-20/h3-5,8-12,14-15,17,23H,2,6-7,13H2,1H3. The Morgan fingerprint density at radius 1 is 1.07 bits per heavy atom. The van der Waals surface area contributed by atoms with E-state index in [1.54, 1.807) is 0 Å². The lowest BCUT2D eigenvalue weighted by Gasteiger charge is -2.07. The van der Waals surface area contributed by atoms with Crippen LogP contribution >= 0.6 is 0 Å². The molecule has 0 atom stereocenters. The van der Waals surface area contributed by atoms with E-state index >= 15 is 0 Å². The molecule has 1 saturated carbocycles. The lowest BCUT2D eigenvalue weighted by atomic mass is 10.1. The smallest absolute Gasteiger partial charge is 0.137 e. The first-order valence-corrected chi connectivity index (χ1v) is 9.64. The number of nitrogens with one attached hydrogen (secondary N) is 1. The number of aromatic nitrogens is 4. The molecule has 0 unspecified atom stereocenters. The summed E-state index contributed by atoms with van der Waals surface area (Å²) in [5.74, 6) is 0.673. The SMILES string of the molecule is CCn1cc(CNc2ccc(-c3cn4ccccc4n3)cc2)c(C2CC2)n1. The van der Waals surface area contributed by atoms with Crippen molar-refractivity contribution >= 4 is 11.3 Å². The maximum Gasteiger partial charge on any atom is 0.137 e. The quantitative estimate of drug-likeness (QED) is 0.544. The summed E-state index contributed by atoms with van der Waals surface area (Å²) in [4.78, 5) is 4.69. The van der Waals surface area contributed by atoms with Gasteiger partial charge in [-0.25, -0.2) is 4.98 Å². The van der Waals surface area contributed by atoms with Gasteiger partial charge in [-0.05, 0) is 44.0 Å². The first-order chi connectivity index (χ1) is 13.3. The third kappa shape index (κ3) is 3.21. The van der Waals surface area contributed by atoms with Crippen LogP contribution in [0.4, 0.5) is 5.69 Å². The molecule has 0 radical (unpaired) electrons. The molecule has 0 aliphatic heterocycles. The number of benzene rings is 1. The Morgan fingerprint density at radius 2 is 1.93 bits per heavy atom. The predicted octanol–water partition coefficient (Wildman–Crippen LogP) is 4.71. The highest BCUT2D eigenvalue weighted by atomic mass is 15.3. The third-order valence-corrected chi connectivity index (χ3v) is 5.19. The predicted molar refractivity (Wildman–Crippen MR) is 108 cm³/mol. The van der Waals surface area contributed by atoms with Crippen LogP contribution < -0.4 is 5.32 Å². The van der Waals surface area contributed by atoms with Gasteiger partial charge in [-0.3, -0.25) is 4.68 Å². The Kier molecular flexibility index (Phi) is 3.93. The van der Waals surface area contributed by atoms with E-state index in [0.29, 0.717) is 5.92 Å². The highest BCUT2D eigenvalue weighted by Crippen LogP contribution is 2.40. The molecule has 27 heavy (non-hydrogen) atoms. The molecule has 3 aromatic heterocycles. The number of hydrogen-bond acceptors (Lipinski definition) is 3. The lowest BCUT2D eigenvalue weighted by Crippen LogP contribution is -2.00. The van der Waals surface area contributed by atoms with E-state index in [9.17, 15) is 0 Å². The number of pyridine rings is 1. The van der Waals surface area contributed by atoms with E-state index in [1.807, 2.05) is 28.8 Å².